The maximum Gasteiger partial charge on any atom is 0.305 e. The van der Waals surface area contributed by atoms with Gasteiger partial charge in [0.15, 0.2) is 0 Å². The van der Waals surface area contributed by atoms with Gasteiger partial charge < -0.3 is 10.4 Å². The van der Waals surface area contributed by atoms with Crippen molar-refractivity contribution in [1.82, 2.24) is 0 Å². The fraction of sp³-hybridized carbons (Fsp3) is 0.429. The first-order chi connectivity index (χ1) is 8.75. The highest BCUT2D eigenvalue weighted by Gasteiger charge is 2.27. The Labute approximate surface area is 121 Å². The number of halogens is 1. The number of carboxylic acid groups (broad SMARTS) is 1. The lowest BCUT2D eigenvalue weighted by molar-refractivity contribution is -0.137. The second-order valence-electron chi connectivity index (χ2n) is 5.44. The lowest BCUT2D eigenvalue weighted by atomic mass is 9.84. The van der Waals surface area contributed by atoms with Gasteiger partial charge in [0.05, 0.1) is 17.7 Å². The predicted molar refractivity (Wildman–Crippen MR) is 78.0 cm³/mol. The zero-order chi connectivity index (χ0) is 14.6. The third-order valence-corrected chi connectivity index (χ3v) is 3.54. The van der Waals surface area contributed by atoms with Crippen molar-refractivity contribution in [2.24, 2.45) is 5.41 Å². The summed E-state index contributed by atoms with van der Waals surface area (Å²) in [6.07, 6.45) is 0.000875. The highest BCUT2D eigenvalue weighted by molar-refractivity contribution is 9.10. The van der Waals surface area contributed by atoms with Crippen LogP contribution in [0.2, 0.25) is 0 Å². The summed E-state index contributed by atoms with van der Waals surface area (Å²) in [6, 6.07) is 7.24. The lowest BCUT2D eigenvalue weighted by Crippen LogP contribution is -2.36. The first-order valence-electron chi connectivity index (χ1n) is 5.92. The number of rotatable bonds is 4. The number of carbonyl (C=O) groups is 1. The van der Waals surface area contributed by atoms with Crippen molar-refractivity contribution in [3.63, 3.8) is 0 Å². The molecule has 2 N–H and O–H groups in total. The summed E-state index contributed by atoms with van der Waals surface area (Å²) in [7, 11) is 0. The molecule has 0 aromatic heterocycles. The number of hydrogen-bond acceptors (Lipinski definition) is 3. The number of nitrogens with zero attached hydrogens (tertiary/aromatic N) is 1. The van der Waals surface area contributed by atoms with Crippen molar-refractivity contribution in [2.75, 3.05) is 5.32 Å². The summed E-state index contributed by atoms with van der Waals surface area (Å²) in [6.45, 7) is 5.91. The fourth-order valence-corrected chi connectivity index (χ4v) is 2.15. The minimum absolute atomic E-state index is 0.000875. The maximum atomic E-state index is 11.0. The zero-order valence-corrected chi connectivity index (χ0v) is 12.8. The smallest absolute Gasteiger partial charge is 0.305 e. The average molecular weight is 325 g/mol. The largest absolute Gasteiger partial charge is 0.481 e. The Morgan fingerprint density at radius 2 is 2.16 bits per heavy atom. The molecule has 1 atom stereocenters. The van der Waals surface area contributed by atoms with Crippen LogP contribution in [0.3, 0.4) is 0 Å². The summed E-state index contributed by atoms with van der Waals surface area (Å²) in [4.78, 5) is 11.0. The predicted octanol–water partition coefficient (Wildman–Crippen LogP) is 3.62. The summed E-state index contributed by atoms with van der Waals surface area (Å²) in [5.74, 6) is -0.860. The Bertz CT molecular complexity index is 515. The molecule has 0 aliphatic rings. The van der Waals surface area contributed by atoms with E-state index in [2.05, 4.69) is 27.3 Å². The van der Waals surface area contributed by atoms with Crippen LogP contribution in [-0.4, -0.2) is 17.1 Å². The van der Waals surface area contributed by atoms with Crippen LogP contribution in [-0.2, 0) is 4.79 Å². The molecule has 4 nitrogen and oxygen atoms in total. The van der Waals surface area contributed by atoms with Gasteiger partial charge in [-0.05, 0) is 33.5 Å². The summed E-state index contributed by atoms with van der Waals surface area (Å²) >= 11 is 3.32. The quantitative estimate of drug-likeness (QED) is 0.887. The van der Waals surface area contributed by atoms with Gasteiger partial charge in [0, 0.05) is 10.5 Å². The Hall–Kier alpha value is -1.54. The maximum absolute atomic E-state index is 11.0. The number of anilines is 1. The van der Waals surface area contributed by atoms with Crippen LogP contribution in [0.1, 0.15) is 32.8 Å². The molecule has 0 aliphatic carbocycles. The van der Waals surface area contributed by atoms with E-state index in [-0.39, 0.29) is 17.9 Å². The summed E-state index contributed by atoms with van der Waals surface area (Å²) < 4.78 is 0.697. The van der Waals surface area contributed by atoms with E-state index in [1.807, 2.05) is 26.8 Å². The highest BCUT2D eigenvalue weighted by Crippen LogP contribution is 2.29. The molecule has 19 heavy (non-hydrogen) atoms. The van der Waals surface area contributed by atoms with Crippen LogP contribution in [0, 0.1) is 16.7 Å². The number of carboxylic acids is 1. The highest BCUT2D eigenvalue weighted by atomic mass is 79.9. The summed E-state index contributed by atoms with van der Waals surface area (Å²) in [5, 5.41) is 21.3. The molecule has 5 heteroatoms. The van der Waals surface area contributed by atoms with E-state index in [4.69, 9.17) is 10.4 Å². The van der Waals surface area contributed by atoms with Crippen LogP contribution in [0.5, 0.6) is 0 Å². The molecule has 0 fully saturated rings. The Morgan fingerprint density at radius 3 is 2.63 bits per heavy atom. The fourth-order valence-electron chi connectivity index (χ4n) is 1.69. The molecule has 0 saturated heterocycles. The Balaban J connectivity index is 3.07. The molecule has 1 aromatic rings. The van der Waals surface area contributed by atoms with E-state index >= 15 is 0 Å². The van der Waals surface area contributed by atoms with E-state index in [1.165, 1.54) is 0 Å². The topological polar surface area (TPSA) is 73.1 Å². The van der Waals surface area contributed by atoms with E-state index in [9.17, 15) is 4.79 Å². The summed E-state index contributed by atoms with van der Waals surface area (Å²) in [5.41, 5.74) is 0.910. The van der Waals surface area contributed by atoms with Crippen molar-refractivity contribution in [1.29, 1.82) is 5.26 Å². The molecular weight excluding hydrogens is 308 g/mol. The number of hydrogen-bond donors (Lipinski definition) is 2. The standard InChI is InChI=1S/C14H17BrN2O2/c1-14(2,3)12(7-13(18)19)17-11-6-4-5-10(15)9(11)8-16/h4-6,12,17H,7H2,1-3H3,(H,18,19). The first kappa shape index (κ1) is 15.5. The van der Waals surface area contributed by atoms with Gasteiger partial charge in [-0.25, -0.2) is 0 Å². The third-order valence-electron chi connectivity index (χ3n) is 2.88. The molecule has 0 spiro atoms. The van der Waals surface area contributed by atoms with Crippen LogP contribution >= 0.6 is 15.9 Å². The van der Waals surface area contributed by atoms with Gasteiger partial charge in [-0.3, -0.25) is 4.79 Å². The average Bonchev–Trinajstić information content (AvgIpc) is 2.26. The van der Waals surface area contributed by atoms with E-state index in [0.717, 1.165) is 0 Å². The molecule has 0 amide bonds. The zero-order valence-electron chi connectivity index (χ0n) is 11.2. The Morgan fingerprint density at radius 1 is 1.53 bits per heavy atom. The van der Waals surface area contributed by atoms with Crippen LogP contribution in [0.25, 0.3) is 0 Å². The van der Waals surface area contributed by atoms with E-state index in [1.54, 1.807) is 12.1 Å². The molecule has 1 unspecified atom stereocenters. The molecular formula is C14H17BrN2O2. The normalized spacial score (nSPS) is 12.6. The molecule has 1 rings (SSSR count). The molecule has 1 aromatic carbocycles. The number of aliphatic carboxylic acids is 1. The second kappa shape index (κ2) is 6.07. The van der Waals surface area contributed by atoms with Gasteiger partial charge in [0.25, 0.3) is 0 Å². The van der Waals surface area contributed by atoms with Gasteiger partial charge in [-0.15, -0.1) is 0 Å². The van der Waals surface area contributed by atoms with Crippen molar-refractivity contribution < 1.29 is 9.90 Å². The lowest BCUT2D eigenvalue weighted by Gasteiger charge is -2.31. The van der Waals surface area contributed by atoms with Gasteiger partial charge in [0.2, 0.25) is 0 Å². The van der Waals surface area contributed by atoms with Crippen LogP contribution in [0.15, 0.2) is 22.7 Å². The minimum Gasteiger partial charge on any atom is -0.481 e. The molecule has 0 bridgehead atoms. The molecule has 0 radical (unpaired) electrons. The van der Waals surface area contributed by atoms with Crippen LogP contribution < -0.4 is 5.32 Å². The van der Waals surface area contributed by atoms with Crippen LogP contribution in [0.4, 0.5) is 5.69 Å². The molecule has 0 saturated carbocycles. The van der Waals surface area contributed by atoms with Crippen molar-refractivity contribution >= 4 is 27.6 Å². The first-order valence-corrected chi connectivity index (χ1v) is 6.72. The SMILES string of the molecule is CC(C)(C)C(CC(=O)O)Nc1cccc(Br)c1C#N. The van der Waals surface area contributed by atoms with E-state index < -0.39 is 5.97 Å². The second-order valence-corrected chi connectivity index (χ2v) is 6.29. The monoisotopic (exact) mass is 324 g/mol. The molecule has 0 heterocycles. The minimum atomic E-state index is -0.860. The Kier molecular flexibility index (Phi) is 4.96. The van der Waals surface area contributed by atoms with E-state index in [0.29, 0.717) is 15.7 Å². The van der Waals surface area contributed by atoms with Crippen molar-refractivity contribution in [3.8, 4) is 6.07 Å². The van der Waals surface area contributed by atoms with Gasteiger partial charge >= 0.3 is 5.97 Å². The number of nitrogens with one attached hydrogen (secondary N) is 1. The van der Waals surface area contributed by atoms with Gasteiger partial charge in [0.1, 0.15) is 6.07 Å². The van der Waals surface area contributed by atoms with Gasteiger partial charge in [-0.2, -0.15) is 5.26 Å². The van der Waals surface area contributed by atoms with Crippen molar-refractivity contribution in [3.05, 3.63) is 28.2 Å². The number of nitriles is 1. The number of benzene rings is 1. The van der Waals surface area contributed by atoms with Crippen molar-refractivity contribution in [2.45, 2.75) is 33.2 Å². The molecule has 102 valence electrons. The van der Waals surface area contributed by atoms with Gasteiger partial charge in [-0.1, -0.05) is 26.8 Å². The molecule has 0 aliphatic heterocycles. The third kappa shape index (κ3) is 4.25.